The minimum absolute atomic E-state index is 0.813. The van der Waals surface area contributed by atoms with Gasteiger partial charge in [-0.05, 0) is 32.6 Å². The molecular weight excluding hydrogens is 146 g/mol. The Balaban J connectivity index is 2.45. The zero-order valence-corrected chi connectivity index (χ0v) is 9.01. The number of hydrogen-bond donors (Lipinski definition) is 0. The molecule has 0 amide bonds. The SMILES string of the molecule is CC(C)CN1C(C)CCCC1C. The van der Waals surface area contributed by atoms with Crippen molar-refractivity contribution >= 4 is 0 Å². The summed E-state index contributed by atoms with van der Waals surface area (Å²) in [7, 11) is 0. The van der Waals surface area contributed by atoms with E-state index >= 15 is 0 Å². The van der Waals surface area contributed by atoms with E-state index in [4.69, 9.17) is 0 Å². The van der Waals surface area contributed by atoms with Gasteiger partial charge in [0, 0.05) is 18.6 Å². The van der Waals surface area contributed by atoms with E-state index in [2.05, 4.69) is 32.6 Å². The summed E-state index contributed by atoms with van der Waals surface area (Å²) in [5.74, 6) is 0.813. The fourth-order valence-electron chi connectivity index (χ4n) is 2.26. The second kappa shape index (κ2) is 4.27. The van der Waals surface area contributed by atoms with Crippen molar-refractivity contribution in [2.45, 2.75) is 59.0 Å². The van der Waals surface area contributed by atoms with Crippen molar-refractivity contribution in [2.75, 3.05) is 6.54 Å². The zero-order chi connectivity index (χ0) is 9.14. The molecule has 0 saturated carbocycles. The molecule has 1 saturated heterocycles. The lowest BCUT2D eigenvalue weighted by molar-refractivity contribution is 0.0898. The van der Waals surface area contributed by atoms with Gasteiger partial charge in [0.25, 0.3) is 0 Å². The molecule has 2 atom stereocenters. The highest BCUT2D eigenvalue weighted by Gasteiger charge is 2.24. The number of likely N-dealkylation sites (tertiary alicyclic amines) is 1. The highest BCUT2D eigenvalue weighted by molar-refractivity contribution is 4.79. The first-order chi connectivity index (χ1) is 5.61. The fourth-order valence-corrected chi connectivity index (χ4v) is 2.26. The number of hydrogen-bond acceptors (Lipinski definition) is 1. The van der Waals surface area contributed by atoms with Crippen LogP contribution < -0.4 is 0 Å². The first kappa shape index (κ1) is 10.0. The van der Waals surface area contributed by atoms with Crippen molar-refractivity contribution in [3.63, 3.8) is 0 Å². The van der Waals surface area contributed by atoms with E-state index in [-0.39, 0.29) is 0 Å². The van der Waals surface area contributed by atoms with Crippen LogP contribution in [0.25, 0.3) is 0 Å². The first-order valence-electron chi connectivity index (χ1n) is 5.37. The Hall–Kier alpha value is -0.0400. The molecule has 1 nitrogen and oxygen atoms in total. The van der Waals surface area contributed by atoms with Gasteiger partial charge in [0.15, 0.2) is 0 Å². The smallest absolute Gasteiger partial charge is 0.00698 e. The summed E-state index contributed by atoms with van der Waals surface area (Å²) in [5.41, 5.74) is 0. The summed E-state index contributed by atoms with van der Waals surface area (Å²) in [5, 5.41) is 0. The molecule has 1 fully saturated rings. The average molecular weight is 169 g/mol. The van der Waals surface area contributed by atoms with Gasteiger partial charge in [-0.2, -0.15) is 0 Å². The van der Waals surface area contributed by atoms with Crippen LogP contribution >= 0.6 is 0 Å². The van der Waals surface area contributed by atoms with Gasteiger partial charge >= 0.3 is 0 Å². The predicted molar refractivity (Wildman–Crippen MR) is 54.3 cm³/mol. The van der Waals surface area contributed by atoms with E-state index in [0.717, 1.165) is 18.0 Å². The molecule has 1 heteroatoms. The van der Waals surface area contributed by atoms with E-state index in [1.807, 2.05) is 0 Å². The molecule has 0 spiro atoms. The minimum Gasteiger partial charge on any atom is -0.298 e. The molecule has 12 heavy (non-hydrogen) atoms. The summed E-state index contributed by atoms with van der Waals surface area (Å²) in [6.45, 7) is 10.7. The molecule has 2 unspecified atom stereocenters. The third-order valence-electron chi connectivity index (χ3n) is 2.95. The van der Waals surface area contributed by atoms with E-state index in [0.29, 0.717) is 0 Å². The molecule has 0 aromatic carbocycles. The summed E-state index contributed by atoms with van der Waals surface area (Å²) >= 11 is 0. The van der Waals surface area contributed by atoms with Gasteiger partial charge in [-0.3, -0.25) is 4.90 Å². The molecule has 1 aliphatic heterocycles. The molecule has 1 rings (SSSR count). The predicted octanol–water partition coefficient (Wildman–Crippen LogP) is 2.91. The number of rotatable bonds is 2. The van der Waals surface area contributed by atoms with Crippen LogP contribution in [0.4, 0.5) is 0 Å². The van der Waals surface area contributed by atoms with Crippen LogP contribution in [0.5, 0.6) is 0 Å². The highest BCUT2D eigenvalue weighted by Crippen LogP contribution is 2.23. The standard InChI is InChI=1S/C11H23N/c1-9(2)8-12-10(3)6-5-7-11(12)4/h9-11H,5-8H2,1-4H3. The molecule has 0 N–H and O–H groups in total. The van der Waals surface area contributed by atoms with Gasteiger partial charge in [0.1, 0.15) is 0 Å². The van der Waals surface area contributed by atoms with Crippen LogP contribution in [0.3, 0.4) is 0 Å². The lowest BCUT2D eigenvalue weighted by Gasteiger charge is -2.40. The maximum absolute atomic E-state index is 2.67. The lowest BCUT2D eigenvalue weighted by Crippen LogP contribution is -2.45. The normalized spacial score (nSPS) is 32.8. The first-order valence-corrected chi connectivity index (χ1v) is 5.37. The number of piperidine rings is 1. The zero-order valence-electron chi connectivity index (χ0n) is 9.01. The maximum Gasteiger partial charge on any atom is 0.00698 e. The van der Waals surface area contributed by atoms with Crippen LogP contribution in [-0.4, -0.2) is 23.5 Å². The summed E-state index contributed by atoms with van der Waals surface area (Å²) in [6, 6.07) is 1.63. The highest BCUT2D eigenvalue weighted by atomic mass is 15.2. The molecule has 1 aliphatic rings. The largest absolute Gasteiger partial charge is 0.298 e. The van der Waals surface area contributed by atoms with Gasteiger partial charge in [-0.25, -0.2) is 0 Å². The van der Waals surface area contributed by atoms with Crippen molar-refractivity contribution in [3.8, 4) is 0 Å². The molecule has 0 bridgehead atoms. The number of nitrogens with zero attached hydrogens (tertiary/aromatic N) is 1. The molecule has 72 valence electrons. The third kappa shape index (κ3) is 2.48. The topological polar surface area (TPSA) is 3.24 Å². The summed E-state index contributed by atoms with van der Waals surface area (Å²) in [6.07, 6.45) is 4.23. The minimum atomic E-state index is 0.813. The average Bonchev–Trinajstić information content (AvgIpc) is 1.97. The van der Waals surface area contributed by atoms with Crippen molar-refractivity contribution in [1.82, 2.24) is 4.90 Å². The van der Waals surface area contributed by atoms with Gasteiger partial charge in [0.2, 0.25) is 0 Å². The Morgan fingerprint density at radius 2 is 1.67 bits per heavy atom. The second-order valence-corrected chi connectivity index (χ2v) is 4.72. The molecule has 0 aromatic heterocycles. The lowest BCUT2D eigenvalue weighted by atomic mass is 9.96. The molecule has 1 heterocycles. The van der Waals surface area contributed by atoms with Gasteiger partial charge in [-0.1, -0.05) is 20.3 Å². The Labute approximate surface area is 77.1 Å². The van der Waals surface area contributed by atoms with Crippen molar-refractivity contribution in [3.05, 3.63) is 0 Å². The third-order valence-corrected chi connectivity index (χ3v) is 2.95. The summed E-state index contributed by atoms with van der Waals surface area (Å²) < 4.78 is 0. The van der Waals surface area contributed by atoms with E-state index < -0.39 is 0 Å². The van der Waals surface area contributed by atoms with E-state index in [1.165, 1.54) is 25.8 Å². The van der Waals surface area contributed by atoms with Gasteiger partial charge in [0.05, 0.1) is 0 Å². The molecule has 0 aromatic rings. The Morgan fingerprint density at radius 3 is 2.08 bits per heavy atom. The van der Waals surface area contributed by atoms with Crippen LogP contribution in [-0.2, 0) is 0 Å². The fraction of sp³-hybridized carbons (Fsp3) is 1.00. The van der Waals surface area contributed by atoms with Crippen molar-refractivity contribution in [2.24, 2.45) is 5.92 Å². The Morgan fingerprint density at radius 1 is 1.17 bits per heavy atom. The van der Waals surface area contributed by atoms with Gasteiger partial charge in [-0.15, -0.1) is 0 Å². The Kier molecular flexibility index (Phi) is 3.57. The van der Waals surface area contributed by atoms with Crippen molar-refractivity contribution in [1.29, 1.82) is 0 Å². The Bertz CT molecular complexity index is 121. The maximum atomic E-state index is 2.67. The van der Waals surface area contributed by atoms with Gasteiger partial charge < -0.3 is 0 Å². The molecule has 0 radical (unpaired) electrons. The van der Waals surface area contributed by atoms with E-state index in [9.17, 15) is 0 Å². The molecular formula is C11H23N. The van der Waals surface area contributed by atoms with Crippen LogP contribution in [0.1, 0.15) is 47.0 Å². The van der Waals surface area contributed by atoms with Crippen LogP contribution in [0, 0.1) is 5.92 Å². The van der Waals surface area contributed by atoms with Crippen molar-refractivity contribution < 1.29 is 0 Å². The quantitative estimate of drug-likeness (QED) is 0.614. The molecule has 0 aliphatic carbocycles. The summed E-state index contributed by atoms with van der Waals surface area (Å²) in [4.78, 5) is 2.67. The van der Waals surface area contributed by atoms with E-state index in [1.54, 1.807) is 0 Å². The monoisotopic (exact) mass is 169 g/mol. The van der Waals surface area contributed by atoms with Crippen LogP contribution in [0.15, 0.2) is 0 Å². The second-order valence-electron chi connectivity index (χ2n) is 4.72. The van der Waals surface area contributed by atoms with Crippen LogP contribution in [0.2, 0.25) is 0 Å².